The summed E-state index contributed by atoms with van der Waals surface area (Å²) in [6, 6.07) is 0. The van der Waals surface area contributed by atoms with Crippen molar-refractivity contribution in [3.05, 3.63) is 0 Å². The van der Waals surface area contributed by atoms with Gasteiger partial charge in [0.15, 0.2) is 17.4 Å². The Bertz CT molecular complexity index is 13.5. The van der Waals surface area contributed by atoms with Crippen LogP contribution in [0.3, 0.4) is 0 Å². The van der Waals surface area contributed by atoms with Crippen molar-refractivity contribution >= 4 is 40.4 Å². The van der Waals surface area contributed by atoms with E-state index in [0.29, 0.717) is 0 Å². The Balaban J connectivity index is 0. The number of rotatable bonds is 0. The number of hydrogen-bond donors (Lipinski definition) is 0. The van der Waals surface area contributed by atoms with Gasteiger partial charge in [0.25, 0.3) is 0 Å². The van der Waals surface area contributed by atoms with Gasteiger partial charge in [-0.25, -0.2) is 0 Å². The zero-order valence-electron chi connectivity index (χ0n) is 3.86. The van der Waals surface area contributed by atoms with Gasteiger partial charge >= 0.3 is 23.1 Å². The van der Waals surface area contributed by atoms with Crippen molar-refractivity contribution in [2.75, 3.05) is 0 Å². The predicted molar refractivity (Wildman–Crippen MR) is 17.9 cm³/mol. The summed E-state index contributed by atoms with van der Waals surface area (Å²) >= 11 is 0. The molecule has 0 aliphatic heterocycles. The molecule has 0 N–H and O–H groups in total. The van der Waals surface area contributed by atoms with E-state index < -0.39 is 0 Å². The quantitative estimate of drug-likeness (QED) is 0.486. The molecule has 4 heavy (non-hydrogen) atoms. The molecule has 0 spiro atoms. The van der Waals surface area contributed by atoms with Gasteiger partial charge in [0.1, 0.15) is 0 Å². The van der Waals surface area contributed by atoms with Crippen LogP contribution in [-0.4, -0.2) is 40.4 Å². The molecule has 0 heterocycles. The van der Waals surface area contributed by atoms with Crippen molar-refractivity contribution in [2.45, 2.75) is 0 Å². The van der Waals surface area contributed by atoms with Crippen molar-refractivity contribution in [1.29, 1.82) is 0 Å². The Kier molecular flexibility index (Phi) is 131. The molecule has 0 aromatic carbocycles. The van der Waals surface area contributed by atoms with Crippen LogP contribution in [0.5, 0.6) is 0 Å². The van der Waals surface area contributed by atoms with Gasteiger partial charge in [-0.2, -0.15) is 0 Å². The Morgan fingerprint density at radius 3 is 1.25 bits per heavy atom. The average molecular weight is 303 g/mol. The molecule has 0 aliphatic carbocycles. The second kappa shape index (κ2) is 17.4. The van der Waals surface area contributed by atoms with E-state index in [1.54, 1.807) is 0 Å². The van der Waals surface area contributed by atoms with E-state index in [1.165, 1.54) is 0 Å². The molecule has 0 nitrogen and oxygen atoms in total. The minimum Gasteiger partial charge on any atom is -1.00 e. The molecule has 17 valence electrons. The van der Waals surface area contributed by atoms with Gasteiger partial charge < -0.3 is 2.85 Å². The van der Waals surface area contributed by atoms with Gasteiger partial charge in [-0.3, -0.25) is 0 Å². The van der Waals surface area contributed by atoms with Crippen LogP contribution >= 0.6 is 0 Å². The van der Waals surface area contributed by atoms with Crippen molar-refractivity contribution < 1.29 is 44.7 Å². The molecular formula is H5AlMgTaZn. The van der Waals surface area contributed by atoms with E-state index in [1.807, 2.05) is 0 Å². The van der Waals surface area contributed by atoms with Crippen LogP contribution in [0.2, 0.25) is 0 Å². The summed E-state index contributed by atoms with van der Waals surface area (Å²) in [5.41, 5.74) is 0. The molecule has 4 heteroatoms. The van der Waals surface area contributed by atoms with Crippen LogP contribution in [0, 0.1) is 0 Å². The smallest absolute Gasteiger partial charge is 1.00 e. The first-order chi connectivity index (χ1) is 0. The third-order valence-electron chi connectivity index (χ3n) is 0. The van der Waals surface area contributed by atoms with Crippen molar-refractivity contribution in [3.63, 3.8) is 0 Å². The SMILES string of the molecule is [AlH3].[H-].[H-].[Mg+2].[Ta].[Zn]. The maximum absolute atomic E-state index is 0. The molecule has 0 aromatic heterocycles. The second-order valence-electron chi connectivity index (χ2n) is 0. The van der Waals surface area contributed by atoms with E-state index in [9.17, 15) is 0 Å². The third-order valence-corrected chi connectivity index (χ3v) is 0. The molecule has 0 saturated carbocycles. The molecule has 0 aliphatic rings. The maximum Gasteiger partial charge on any atom is 2.00 e. The van der Waals surface area contributed by atoms with Crippen molar-refractivity contribution in [3.8, 4) is 0 Å². The minimum atomic E-state index is 0. The Morgan fingerprint density at radius 1 is 1.25 bits per heavy atom. The Labute approximate surface area is 84.0 Å². The standard InChI is InChI=1S/Al.Mg.Ta.Zn.5H/q;+2;;;;;;2*-1. The zero-order valence-corrected chi connectivity index (χ0v) is 9.46. The van der Waals surface area contributed by atoms with Gasteiger partial charge in [-0.1, -0.05) is 0 Å². The normalized spacial score (nSPS) is 0. The Morgan fingerprint density at radius 2 is 1.25 bits per heavy atom. The summed E-state index contributed by atoms with van der Waals surface area (Å²) in [6.45, 7) is 0. The molecule has 0 rings (SSSR count). The fourth-order valence-corrected chi connectivity index (χ4v) is 0. The van der Waals surface area contributed by atoms with Crippen LogP contribution in [0.4, 0.5) is 0 Å². The van der Waals surface area contributed by atoms with Crippen LogP contribution in [-0.2, 0) is 41.9 Å². The molecule has 0 fully saturated rings. The molecule has 1 radical (unpaired) electrons. The minimum absolute atomic E-state index is 0. The first-order valence-electron chi connectivity index (χ1n) is 0. The van der Waals surface area contributed by atoms with E-state index in [0.717, 1.165) is 0 Å². The first-order valence-corrected chi connectivity index (χ1v) is 0. The summed E-state index contributed by atoms with van der Waals surface area (Å²) in [5.74, 6) is 0. The van der Waals surface area contributed by atoms with Gasteiger partial charge in [-0.05, 0) is 0 Å². The predicted octanol–water partition coefficient (Wildman–Crippen LogP) is -1.34. The fourth-order valence-electron chi connectivity index (χ4n) is 0. The van der Waals surface area contributed by atoms with Crippen molar-refractivity contribution in [2.24, 2.45) is 0 Å². The average Bonchev–Trinajstić information content (AvgIpc) is 0. The van der Waals surface area contributed by atoms with Gasteiger partial charge in [0.2, 0.25) is 0 Å². The van der Waals surface area contributed by atoms with Crippen molar-refractivity contribution in [1.82, 2.24) is 0 Å². The van der Waals surface area contributed by atoms with Crippen LogP contribution in [0.15, 0.2) is 0 Å². The summed E-state index contributed by atoms with van der Waals surface area (Å²) in [4.78, 5) is 0. The first kappa shape index (κ1) is 30.1. The summed E-state index contributed by atoms with van der Waals surface area (Å²) in [7, 11) is 0. The molecule has 0 saturated heterocycles. The molecular weight excluding hydrogens is 298 g/mol. The number of hydrogen-bond acceptors (Lipinski definition) is 0. The van der Waals surface area contributed by atoms with Gasteiger partial charge in [-0.15, -0.1) is 0 Å². The summed E-state index contributed by atoms with van der Waals surface area (Å²) < 4.78 is 0. The largest absolute Gasteiger partial charge is 2.00 e. The van der Waals surface area contributed by atoms with Crippen LogP contribution < -0.4 is 0 Å². The summed E-state index contributed by atoms with van der Waals surface area (Å²) in [5, 5.41) is 0. The van der Waals surface area contributed by atoms with E-state index in [4.69, 9.17) is 0 Å². The zero-order chi connectivity index (χ0) is 0. The van der Waals surface area contributed by atoms with Gasteiger partial charge in [0.05, 0.1) is 0 Å². The topological polar surface area (TPSA) is 0 Å². The maximum atomic E-state index is 0. The Hall–Kier alpha value is 2.66. The fraction of sp³-hybridized carbons (Fsp3) is 0. The van der Waals surface area contributed by atoms with E-state index in [-0.39, 0.29) is 85.1 Å². The van der Waals surface area contributed by atoms with E-state index >= 15 is 0 Å². The molecule has 0 aromatic rings. The molecule has 0 unspecified atom stereocenters. The summed E-state index contributed by atoms with van der Waals surface area (Å²) in [6.07, 6.45) is 0. The molecule has 0 atom stereocenters. The van der Waals surface area contributed by atoms with Crippen LogP contribution in [0.1, 0.15) is 2.85 Å². The monoisotopic (exact) mass is 301 g/mol. The molecule has 0 amide bonds. The molecule has 0 bridgehead atoms. The van der Waals surface area contributed by atoms with E-state index in [2.05, 4.69) is 0 Å². The van der Waals surface area contributed by atoms with Gasteiger partial charge in [0, 0.05) is 41.9 Å². The van der Waals surface area contributed by atoms with Crippen LogP contribution in [0.25, 0.3) is 0 Å². The third kappa shape index (κ3) is 8.82. The second-order valence-corrected chi connectivity index (χ2v) is 0.